The number of hydrogen-bond donors (Lipinski definition) is 1. The van der Waals surface area contributed by atoms with Crippen LogP contribution < -0.4 is 10.9 Å². The van der Waals surface area contributed by atoms with Crippen LogP contribution in [0.4, 0.5) is 0 Å². The van der Waals surface area contributed by atoms with Crippen molar-refractivity contribution in [1.82, 2.24) is 9.88 Å². The molecular formula is C15H24N2O. The van der Waals surface area contributed by atoms with Gasteiger partial charge in [-0.1, -0.05) is 13.3 Å². The molecule has 1 N–H and O–H groups in total. The number of aryl methyl sites for hydroxylation is 1. The first-order valence-corrected chi connectivity index (χ1v) is 7.17. The van der Waals surface area contributed by atoms with Crippen molar-refractivity contribution >= 4 is 0 Å². The maximum absolute atomic E-state index is 12.5. The summed E-state index contributed by atoms with van der Waals surface area (Å²) in [5.41, 5.74) is 3.86. The van der Waals surface area contributed by atoms with E-state index in [4.69, 9.17) is 0 Å². The molecule has 0 radical (unpaired) electrons. The second kappa shape index (κ2) is 6.19. The summed E-state index contributed by atoms with van der Waals surface area (Å²) in [6, 6.07) is 2.13. The minimum atomic E-state index is 0.221. The molecule has 1 aromatic rings. The van der Waals surface area contributed by atoms with Gasteiger partial charge in [-0.3, -0.25) is 4.79 Å². The highest BCUT2D eigenvalue weighted by molar-refractivity contribution is 5.29. The molecule has 0 atom stereocenters. The van der Waals surface area contributed by atoms with Gasteiger partial charge in [0.25, 0.3) is 5.56 Å². The molecular weight excluding hydrogens is 224 g/mol. The van der Waals surface area contributed by atoms with E-state index >= 15 is 0 Å². The Labute approximate surface area is 109 Å². The van der Waals surface area contributed by atoms with E-state index in [9.17, 15) is 4.79 Å². The Morgan fingerprint density at radius 3 is 2.83 bits per heavy atom. The molecule has 0 saturated carbocycles. The fourth-order valence-corrected chi connectivity index (χ4v) is 2.81. The Balaban J connectivity index is 2.44. The second-order valence-electron chi connectivity index (χ2n) is 5.19. The summed E-state index contributed by atoms with van der Waals surface area (Å²) in [5.74, 6) is 0. The van der Waals surface area contributed by atoms with E-state index in [1.807, 2.05) is 11.6 Å². The number of unbranched alkanes of at least 4 members (excludes halogenated alkanes) is 1. The zero-order valence-electron chi connectivity index (χ0n) is 11.6. The number of rotatable bonds is 5. The molecule has 0 aliphatic heterocycles. The number of aromatic nitrogens is 1. The van der Waals surface area contributed by atoms with Crippen LogP contribution in [0.3, 0.4) is 0 Å². The largest absolute Gasteiger partial charge is 0.315 e. The summed E-state index contributed by atoms with van der Waals surface area (Å²) in [4.78, 5) is 12.5. The minimum Gasteiger partial charge on any atom is -0.315 e. The van der Waals surface area contributed by atoms with Crippen LogP contribution in [0.5, 0.6) is 0 Å². The maximum atomic E-state index is 12.5. The van der Waals surface area contributed by atoms with Crippen LogP contribution in [0.1, 0.15) is 49.4 Å². The van der Waals surface area contributed by atoms with Gasteiger partial charge in [0.2, 0.25) is 0 Å². The van der Waals surface area contributed by atoms with Crippen molar-refractivity contribution < 1.29 is 0 Å². The lowest BCUT2D eigenvalue weighted by Gasteiger charge is -2.22. The van der Waals surface area contributed by atoms with Crippen LogP contribution in [0, 0.1) is 0 Å². The fourth-order valence-electron chi connectivity index (χ4n) is 2.81. The first kappa shape index (κ1) is 13.3. The van der Waals surface area contributed by atoms with Gasteiger partial charge < -0.3 is 9.88 Å². The molecule has 18 heavy (non-hydrogen) atoms. The van der Waals surface area contributed by atoms with Gasteiger partial charge in [-0.15, -0.1) is 0 Å². The first-order valence-electron chi connectivity index (χ1n) is 7.17. The van der Waals surface area contributed by atoms with E-state index in [1.165, 1.54) is 24.1 Å². The third-order valence-corrected chi connectivity index (χ3v) is 3.78. The van der Waals surface area contributed by atoms with E-state index < -0.39 is 0 Å². The zero-order valence-corrected chi connectivity index (χ0v) is 11.6. The van der Waals surface area contributed by atoms with Gasteiger partial charge in [0.1, 0.15) is 0 Å². The molecule has 0 amide bonds. The third kappa shape index (κ3) is 2.66. The van der Waals surface area contributed by atoms with Crippen molar-refractivity contribution in [2.75, 3.05) is 7.05 Å². The zero-order chi connectivity index (χ0) is 13.0. The predicted octanol–water partition coefficient (Wildman–Crippen LogP) is 2.25. The summed E-state index contributed by atoms with van der Waals surface area (Å²) in [5, 5.41) is 3.10. The molecule has 3 nitrogen and oxygen atoms in total. The Morgan fingerprint density at radius 1 is 1.33 bits per heavy atom. The molecule has 0 spiro atoms. The van der Waals surface area contributed by atoms with Gasteiger partial charge in [-0.2, -0.15) is 0 Å². The third-order valence-electron chi connectivity index (χ3n) is 3.78. The minimum absolute atomic E-state index is 0.221. The number of pyridine rings is 1. The van der Waals surface area contributed by atoms with Crippen molar-refractivity contribution in [3.8, 4) is 0 Å². The number of hydrogen-bond acceptors (Lipinski definition) is 2. The molecule has 2 rings (SSSR count). The number of fused-ring (bicyclic) bond motifs is 1. The average Bonchev–Trinajstić information content (AvgIpc) is 2.39. The molecule has 1 aliphatic carbocycles. The van der Waals surface area contributed by atoms with Crippen LogP contribution >= 0.6 is 0 Å². The van der Waals surface area contributed by atoms with Crippen LogP contribution in [0.2, 0.25) is 0 Å². The van der Waals surface area contributed by atoms with Gasteiger partial charge in [0, 0.05) is 24.3 Å². The van der Waals surface area contributed by atoms with Gasteiger partial charge in [-0.05, 0) is 50.8 Å². The van der Waals surface area contributed by atoms with Crippen LogP contribution in [-0.4, -0.2) is 11.6 Å². The highest BCUT2D eigenvalue weighted by Gasteiger charge is 2.16. The predicted molar refractivity (Wildman–Crippen MR) is 75.0 cm³/mol. The quantitative estimate of drug-likeness (QED) is 0.867. The van der Waals surface area contributed by atoms with Crippen LogP contribution in [-0.2, 0) is 25.9 Å². The van der Waals surface area contributed by atoms with Crippen molar-refractivity contribution in [3.05, 3.63) is 33.2 Å². The standard InChI is InChI=1S/C15H24N2O/c1-3-4-9-17-14-8-6-5-7-12(14)10-13(11-16-2)15(17)18/h10,16H,3-9,11H2,1-2H3. The van der Waals surface area contributed by atoms with E-state index in [1.54, 1.807) is 0 Å². The van der Waals surface area contributed by atoms with Crippen LogP contribution in [0.15, 0.2) is 10.9 Å². The Hall–Kier alpha value is -1.09. The first-order chi connectivity index (χ1) is 8.77. The molecule has 0 unspecified atom stereocenters. The van der Waals surface area contributed by atoms with E-state index in [-0.39, 0.29) is 5.56 Å². The molecule has 1 heterocycles. The summed E-state index contributed by atoms with van der Waals surface area (Å²) in [6.45, 7) is 3.74. The molecule has 1 aromatic heterocycles. The van der Waals surface area contributed by atoms with Crippen molar-refractivity contribution in [1.29, 1.82) is 0 Å². The smallest absolute Gasteiger partial charge is 0.255 e. The molecule has 1 aliphatic rings. The summed E-state index contributed by atoms with van der Waals surface area (Å²) >= 11 is 0. The molecule has 0 aromatic carbocycles. The van der Waals surface area contributed by atoms with Crippen molar-refractivity contribution in [3.63, 3.8) is 0 Å². The van der Waals surface area contributed by atoms with Crippen LogP contribution in [0.25, 0.3) is 0 Å². The van der Waals surface area contributed by atoms with E-state index in [0.717, 1.165) is 37.8 Å². The molecule has 0 bridgehead atoms. The lowest BCUT2D eigenvalue weighted by Crippen LogP contribution is -2.31. The topological polar surface area (TPSA) is 34.0 Å². The van der Waals surface area contributed by atoms with Gasteiger partial charge in [-0.25, -0.2) is 0 Å². The maximum Gasteiger partial charge on any atom is 0.255 e. The summed E-state index contributed by atoms with van der Waals surface area (Å²) in [7, 11) is 1.90. The lowest BCUT2D eigenvalue weighted by molar-refractivity contribution is 0.542. The molecule has 100 valence electrons. The Morgan fingerprint density at radius 2 is 2.11 bits per heavy atom. The van der Waals surface area contributed by atoms with E-state index in [2.05, 4.69) is 18.3 Å². The Bertz CT molecular complexity index is 462. The lowest BCUT2D eigenvalue weighted by atomic mass is 9.94. The highest BCUT2D eigenvalue weighted by Crippen LogP contribution is 2.21. The Kier molecular flexibility index (Phi) is 4.59. The van der Waals surface area contributed by atoms with Crippen molar-refractivity contribution in [2.24, 2.45) is 0 Å². The second-order valence-corrected chi connectivity index (χ2v) is 5.19. The van der Waals surface area contributed by atoms with E-state index in [0.29, 0.717) is 6.54 Å². The SMILES string of the molecule is CCCCn1c2c(cc(CNC)c1=O)CCCC2. The molecule has 0 saturated heterocycles. The monoisotopic (exact) mass is 248 g/mol. The highest BCUT2D eigenvalue weighted by atomic mass is 16.1. The molecule has 0 fully saturated rings. The van der Waals surface area contributed by atoms with Gasteiger partial charge >= 0.3 is 0 Å². The summed E-state index contributed by atoms with van der Waals surface area (Å²) < 4.78 is 2.05. The molecule has 3 heteroatoms. The summed E-state index contributed by atoms with van der Waals surface area (Å²) in [6.07, 6.45) is 6.93. The normalized spacial score (nSPS) is 14.6. The fraction of sp³-hybridized carbons (Fsp3) is 0.667. The van der Waals surface area contributed by atoms with Crippen molar-refractivity contribution in [2.45, 2.75) is 58.5 Å². The number of nitrogens with zero attached hydrogens (tertiary/aromatic N) is 1. The number of nitrogens with one attached hydrogen (secondary N) is 1. The van der Waals surface area contributed by atoms with Gasteiger partial charge in [0.05, 0.1) is 0 Å². The average molecular weight is 248 g/mol. The van der Waals surface area contributed by atoms with Gasteiger partial charge in [0.15, 0.2) is 0 Å².